The van der Waals surface area contributed by atoms with E-state index in [4.69, 9.17) is 26.8 Å². The topological polar surface area (TPSA) is 44.5 Å². The first-order valence-corrected chi connectivity index (χ1v) is 6.50. The van der Waals surface area contributed by atoms with Crippen LogP contribution in [0.1, 0.15) is 5.56 Å². The largest absolute Gasteiger partial charge is 0.450 e. The fraction of sp³-hybridized carbons (Fsp3) is 0.200. The number of halogens is 1. The molecule has 0 aromatic heterocycles. The van der Waals surface area contributed by atoms with Crippen LogP contribution in [0.4, 0.5) is 0 Å². The third-order valence-electron chi connectivity index (χ3n) is 3.16. The first-order valence-electron chi connectivity index (χ1n) is 6.12. The molecule has 0 aliphatic carbocycles. The summed E-state index contributed by atoms with van der Waals surface area (Å²) < 4.78 is 11.4. The third-order valence-corrected chi connectivity index (χ3v) is 3.37. The standard InChI is InChI=1S/C15H14ClNO2/c1-9-4-2-3-5-11(9)12-6-10(16)7-13-15(12)19-14(8-17)18-13/h2-7,14H,8,17H2,1H3. The van der Waals surface area contributed by atoms with Crippen LogP contribution in [-0.2, 0) is 0 Å². The van der Waals surface area contributed by atoms with Gasteiger partial charge in [0.05, 0.1) is 6.54 Å². The molecule has 0 bridgehead atoms. The lowest BCUT2D eigenvalue weighted by atomic mass is 9.99. The highest BCUT2D eigenvalue weighted by Gasteiger charge is 2.27. The van der Waals surface area contributed by atoms with Crippen molar-refractivity contribution in [2.45, 2.75) is 13.2 Å². The van der Waals surface area contributed by atoms with Crippen molar-refractivity contribution in [3.63, 3.8) is 0 Å². The first-order chi connectivity index (χ1) is 9.19. The number of hydrogen-bond acceptors (Lipinski definition) is 3. The van der Waals surface area contributed by atoms with Crippen molar-refractivity contribution in [3.05, 3.63) is 47.0 Å². The molecule has 1 heterocycles. The smallest absolute Gasteiger partial charge is 0.253 e. The fourth-order valence-corrected chi connectivity index (χ4v) is 2.45. The minimum absolute atomic E-state index is 0.305. The van der Waals surface area contributed by atoms with Gasteiger partial charge in [-0.15, -0.1) is 0 Å². The van der Waals surface area contributed by atoms with Gasteiger partial charge in [-0.2, -0.15) is 0 Å². The second-order valence-corrected chi connectivity index (χ2v) is 4.93. The molecule has 1 aliphatic rings. The maximum Gasteiger partial charge on any atom is 0.253 e. The lowest BCUT2D eigenvalue weighted by Gasteiger charge is -2.10. The Balaban J connectivity index is 2.16. The van der Waals surface area contributed by atoms with Crippen molar-refractivity contribution in [2.75, 3.05) is 6.54 Å². The van der Waals surface area contributed by atoms with E-state index in [2.05, 4.69) is 13.0 Å². The zero-order valence-corrected chi connectivity index (χ0v) is 11.3. The van der Waals surface area contributed by atoms with Gasteiger partial charge < -0.3 is 15.2 Å². The molecule has 0 radical (unpaired) electrons. The molecule has 0 spiro atoms. The number of ether oxygens (including phenoxy) is 2. The Kier molecular flexibility index (Phi) is 3.09. The minimum Gasteiger partial charge on any atom is -0.450 e. The van der Waals surface area contributed by atoms with E-state index in [9.17, 15) is 0 Å². The third kappa shape index (κ3) is 2.15. The average molecular weight is 276 g/mol. The molecule has 1 aliphatic heterocycles. The second kappa shape index (κ2) is 4.76. The van der Waals surface area contributed by atoms with E-state index >= 15 is 0 Å². The van der Waals surface area contributed by atoms with Crippen LogP contribution in [0.15, 0.2) is 36.4 Å². The zero-order chi connectivity index (χ0) is 13.4. The molecule has 4 heteroatoms. The molecule has 19 heavy (non-hydrogen) atoms. The van der Waals surface area contributed by atoms with Gasteiger partial charge in [-0.1, -0.05) is 35.9 Å². The van der Waals surface area contributed by atoms with Crippen molar-refractivity contribution < 1.29 is 9.47 Å². The predicted molar refractivity (Wildman–Crippen MR) is 75.7 cm³/mol. The Morgan fingerprint density at radius 2 is 1.95 bits per heavy atom. The van der Waals surface area contributed by atoms with E-state index < -0.39 is 6.29 Å². The van der Waals surface area contributed by atoms with Gasteiger partial charge in [-0.05, 0) is 24.1 Å². The molecule has 1 atom stereocenters. The number of nitrogens with two attached hydrogens (primary N) is 1. The second-order valence-electron chi connectivity index (χ2n) is 4.50. The van der Waals surface area contributed by atoms with Gasteiger partial charge in [0, 0.05) is 16.7 Å². The summed E-state index contributed by atoms with van der Waals surface area (Å²) >= 11 is 6.15. The van der Waals surface area contributed by atoms with Crippen molar-refractivity contribution in [3.8, 4) is 22.6 Å². The molecule has 3 nitrogen and oxygen atoms in total. The number of rotatable bonds is 2. The van der Waals surface area contributed by atoms with E-state index in [1.54, 1.807) is 6.07 Å². The van der Waals surface area contributed by atoms with Crippen LogP contribution < -0.4 is 15.2 Å². The summed E-state index contributed by atoms with van der Waals surface area (Å²) in [4.78, 5) is 0. The molecule has 0 fully saturated rings. The van der Waals surface area contributed by atoms with Crippen LogP contribution in [0.3, 0.4) is 0 Å². The van der Waals surface area contributed by atoms with Gasteiger partial charge in [0.1, 0.15) is 0 Å². The van der Waals surface area contributed by atoms with Gasteiger partial charge in [0.15, 0.2) is 11.5 Å². The Morgan fingerprint density at radius 1 is 1.16 bits per heavy atom. The number of fused-ring (bicyclic) bond motifs is 1. The normalized spacial score (nSPS) is 16.7. The van der Waals surface area contributed by atoms with Gasteiger partial charge in [0.25, 0.3) is 6.29 Å². The summed E-state index contributed by atoms with van der Waals surface area (Å²) in [6, 6.07) is 11.7. The van der Waals surface area contributed by atoms with Crippen molar-refractivity contribution in [1.29, 1.82) is 0 Å². The summed E-state index contributed by atoms with van der Waals surface area (Å²) in [5, 5.41) is 0.623. The molecular weight excluding hydrogens is 262 g/mol. The molecule has 1 unspecified atom stereocenters. The highest BCUT2D eigenvalue weighted by molar-refractivity contribution is 6.31. The lowest BCUT2D eigenvalue weighted by molar-refractivity contribution is 0.0583. The van der Waals surface area contributed by atoms with Crippen LogP contribution in [0.25, 0.3) is 11.1 Å². The van der Waals surface area contributed by atoms with E-state index in [1.165, 1.54) is 0 Å². The van der Waals surface area contributed by atoms with Gasteiger partial charge in [-0.25, -0.2) is 0 Å². The summed E-state index contributed by atoms with van der Waals surface area (Å²) in [6.07, 6.45) is -0.434. The number of hydrogen-bond donors (Lipinski definition) is 1. The molecule has 98 valence electrons. The van der Waals surface area contributed by atoms with Crippen molar-refractivity contribution in [1.82, 2.24) is 0 Å². The van der Waals surface area contributed by atoms with E-state index in [0.29, 0.717) is 23.1 Å². The van der Waals surface area contributed by atoms with Crippen LogP contribution in [0, 0.1) is 6.92 Å². The predicted octanol–water partition coefficient (Wildman–Crippen LogP) is 3.37. The zero-order valence-electron chi connectivity index (χ0n) is 10.5. The summed E-state index contributed by atoms with van der Waals surface area (Å²) in [6.45, 7) is 2.36. The van der Waals surface area contributed by atoms with Crippen LogP contribution in [-0.4, -0.2) is 12.8 Å². The molecule has 2 N–H and O–H groups in total. The molecule has 2 aromatic carbocycles. The van der Waals surface area contributed by atoms with Crippen LogP contribution in [0.2, 0.25) is 5.02 Å². The Labute approximate surface area is 116 Å². The van der Waals surface area contributed by atoms with Crippen molar-refractivity contribution >= 4 is 11.6 Å². The maximum absolute atomic E-state index is 6.15. The lowest BCUT2D eigenvalue weighted by Crippen LogP contribution is -2.28. The Bertz CT molecular complexity index is 628. The molecule has 0 saturated heterocycles. The van der Waals surface area contributed by atoms with E-state index in [-0.39, 0.29) is 0 Å². The first kappa shape index (κ1) is 12.3. The number of benzene rings is 2. The average Bonchev–Trinajstić information content (AvgIpc) is 2.81. The monoisotopic (exact) mass is 275 g/mol. The van der Waals surface area contributed by atoms with Gasteiger partial charge in [-0.3, -0.25) is 0 Å². The molecular formula is C15H14ClNO2. The van der Waals surface area contributed by atoms with E-state index in [1.807, 2.05) is 24.3 Å². The van der Waals surface area contributed by atoms with Gasteiger partial charge >= 0.3 is 0 Å². The van der Waals surface area contributed by atoms with Crippen molar-refractivity contribution in [2.24, 2.45) is 5.73 Å². The minimum atomic E-state index is -0.434. The quantitative estimate of drug-likeness (QED) is 0.914. The summed E-state index contributed by atoms with van der Waals surface area (Å²) in [5.41, 5.74) is 8.77. The summed E-state index contributed by atoms with van der Waals surface area (Å²) in [5.74, 6) is 1.37. The number of aryl methyl sites for hydroxylation is 1. The molecule has 0 amide bonds. The maximum atomic E-state index is 6.15. The SMILES string of the molecule is Cc1ccccc1-c1cc(Cl)cc2c1OC(CN)O2. The summed E-state index contributed by atoms with van der Waals surface area (Å²) in [7, 11) is 0. The fourth-order valence-electron chi connectivity index (χ4n) is 2.25. The molecule has 3 rings (SSSR count). The highest BCUT2D eigenvalue weighted by Crippen LogP contribution is 2.45. The molecule has 0 saturated carbocycles. The van der Waals surface area contributed by atoms with Crippen LogP contribution in [0.5, 0.6) is 11.5 Å². The highest BCUT2D eigenvalue weighted by atomic mass is 35.5. The van der Waals surface area contributed by atoms with Gasteiger partial charge in [0.2, 0.25) is 0 Å². The molecule has 2 aromatic rings. The van der Waals surface area contributed by atoms with E-state index in [0.717, 1.165) is 16.7 Å². The van der Waals surface area contributed by atoms with Crippen LogP contribution >= 0.6 is 11.6 Å². The Morgan fingerprint density at radius 3 is 2.68 bits per heavy atom. The Hall–Kier alpha value is -1.71.